The molecule has 3 aliphatic heterocycles. The number of nitrogens with one attached hydrogen (secondary N) is 1. The van der Waals surface area contributed by atoms with Crippen LogP contribution in [0.4, 0.5) is 5.69 Å². The number of thiocarbonyl (C=S) groups is 1. The van der Waals surface area contributed by atoms with Crippen LogP contribution >= 0.6 is 24.0 Å². The molecule has 1 N–H and O–H groups in total. The molecule has 1 fully saturated rings. The summed E-state index contributed by atoms with van der Waals surface area (Å²) in [5.41, 5.74) is 3.32. The third kappa shape index (κ3) is 2.96. The van der Waals surface area contributed by atoms with Gasteiger partial charge in [-0.3, -0.25) is 9.69 Å². The molecule has 0 radical (unpaired) electrons. The Balaban J connectivity index is 1.36. The van der Waals surface area contributed by atoms with Crippen molar-refractivity contribution in [1.29, 1.82) is 0 Å². The summed E-state index contributed by atoms with van der Waals surface area (Å²) in [5, 5.41) is 3.39. The lowest BCUT2D eigenvalue weighted by Crippen LogP contribution is -2.27. The van der Waals surface area contributed by atoms with Crippen molar-refractivity contribution in [3.05, 3.63) is 64.6 Å². The molecule has 136 valence electrons. The molecule has 1 atom stereocenters. The fraction of sp³-hybridized carbons (Fsp3) is 0.200. The van der Waals surface area contributed by atoms with Crippen LogP contribution in [-0.2, 0) is 11.3 Å². The van der Waals surface area contributed by atoms with Gasteiger partial charge < -0.3 is 14.8 Å². The Morgan fingerprint density at radius 2 is 2.07 bits per heavy atom. The molecule has 0 aliphatic carbocycles. The van der Waals surface area contributed by atoms with Crippen molar-refractivity contribution < 1.29 is 14.3 Å². The van der Waals surface area contributed by atoms with Gasteiger partial charge in [-0.15, -0.1) is 0 Å². The fourth-order valence-electron chi connectivity index (χ4n) is 3.51. The van der Waals surface area contributed by atoms with E-state index in [2.05, 4.69) is 17.4 Å². The van der Waals surface area contributed by atoms with Gasteiger partial charge in [-0.05, 0) is 29.3 Å². The molecule has 0 bridgehead atoms. The smallest absolute Gasteiger partial charge is 0.266 e. The van der Waals surface area contributed by atoms with Crippen LogP contribution in [0.25, 0.3) is 0 Å². The molecular weight excluding hydrogens is 380 g/mol. The van der Waals surface area contributed by atoms with Gasteiger partial charge in [-0.25, -0.2) is 0 Å². The lowest BCUT2D eigenvalue weighted by molar-refractivity contribution is -0.122. The number of fused-ring (bicyclic) bond motifs is 2. The first-order valence-corrected chi connectivity index (χ1v) is 9.88. The van der Waals surface area contributed by atoms with Crippen molar-refractivity contribution >= 4 is 39.9 Å². The molecule has 0 saturated carbocycles. The quantitative estimate of drug-likeness (QED) is 0.628. The van der Waals surface area contributed by atoms with Crippen LogP contribution in [0.2, 0.25) is 0 Å². The van der Waals surface area contributed by atoms with Gasteiger partial charge >= 0.3 is 0 Å². The number of nitrogens with zero attached hydrogens (tertiary/aromatic N) is 1. The van der Waals surface area contributed by atoms with E-state index in [1.54, 1.807) is 4.90 Å². The minimum absolute atomic E-state index is 0.0351. The Labute approximate surface area is 166 Å². The van der Waals surface area contributed by atoms with Crippen molar-refractivity contribution in [2.75, 3.05) is 18.7 Å². The molecule has 5 nitrogen and oxygen atoms in total. The monoisotopic (exact) mass is 396 g/mol. The van der Waals surface area contributed by atoms with Gasteiger partial charge in [-0.2, -0.15) is 0 Å². The third-order valence-electron chi connectivity index (χ3n) is 4.88. The third-order valence-corrected chi connectivity index (χ3v) is 6.27. The minimum atomic E-state index is -0.0351. The van der Waals surface area contributed by atoms with Crippen LogP contribution in [-0.4, -0.2) is 28.5 Å². The number of benzene rings is 2. The second kappa shape index (κ2) is 6.58. The van der Waals surface area contributed by atoms with Crippen LogP contribution in [0.1, 0.15) is 17.0 Å². The standard InChI is InChI=1S/C20H16N2O3S2/c23-19-18(8-13-9-21-15-4-2-1-3-14(13)15)27-20(26)22(19)10-12-5-6-16-17(7-12)25-11-24-16/h1-8,13,21H,9-11H2. The van der Waals surface area contributed by atoms with Gasteiger partial charge in [0.05, 0.1) is 11.4 Å². The number of ether oxygens (including phenoxy) is 2. The predicted molar refractivity (Wildman–Crippen MR) is 109 cm³/mol. The SMILES string of the molecule is O=C1C(=CC2CNc3ccccc32)SC(=S)N1Cc1ccc2c(c1)OCO2. The summed E-state index contributed by atoms with van der Waals surface area (Å²) < 4.78 is 11.3. The van der Waals surface area contributed by atoms with Gasteiger partial charge in [-0.1, -0.05) is 54.3 Å². The first-order chi connectivity index (χ1) is 13.2. The number of hydrogen-bond acceptors (Lipinski definition) is 6. The van der Waals surface area contributed by atoms with Gasteiger partial charge in [0.1, 0.15) is 4.32 Å². The van der Waals surface area contributed by atoms with E-state index in [0.717, 1.165) is 23.5 Å². The molecule has 5 rings (SSSR count). The molecule has 1 amide bonds. The average Bonchev–Trinajstić information content (AvgIpc) is 3.37. The molecule has 27 heavy (non-hydrogen) atoms. The number of para-hydroxylation sites is 1. The van der Waals surface area contributed by atoms with Crippen molar-refractivity contribution in [1.82, 2.24) is 4.90 Å². The van der Waals surface area contributed by atoms with Crippen LogP contribution in [0, 0.1) is 0 Å². The normalized spacial score (nSPS) is 21.7. The van der Waals surface area contributed by atoms with E-state index >= 15 is 0 Å². The Bertz CT molecular complexity index is 989. The maximum absolute atomic E-state index is 12.9. The van der Waals surface area contributed by atoms with Crippen molar-refractivity contribution in [3.63, 3.8) is 0 Å². The lowest BCUT2D eigenvalue weighted by Gasteiger charge is -2.14. The molecular formula is C20H16N2O3S2. The fourth-order valence-corrected chi connectivity index (χ4v) is 4.81. The Morgan fingerprint density at radius 3 is 3.00 bits per heavy atom. The molecule has 3 aliphatic rings. The summed E-state index contributed by atoms with van der Waals surface area (Å²) in [5.74, 6) is 1.59. The van der Waals surface area contributed by atoms with Crippen LogP contribution in [0.5, 0.6) is 11.5 Å². The molecule has 1 unspecified atom stereocenters. The summed E-state index contributed by atoms with van der Waals surface area (Å²) >= 11 is 6.84. The second-order valence-corrected chi connectivity index (χ2v) is 8.23. The molecule has 3 heterocycles. The molecule has 0 spiro atoms. The number of carbonyl (C=O) groups excluding carboxylic acids is 1. The van der Waals surface area contributed by atoms with E-state index in [4.69, 9.17) is 21.7 Å². The first-order valence-electron chi connectivity index (χ1n) is 8.66. The number of thioether (sulfide) groups is 1. The highest BCUT2D eigenvalue weighted by Gasteiger charge is 2.34. The molecule has 7 heteroatoms. The highest BCUT2D eigenvalue weighted by molar-refractivity contribution is 8.26. The van der Waals surface area contributed by atoms with E-state index in [-0.39, 0.29) is 18.6 Å². The number of hydrogen-bond donors (Lipinski definition) is 1. The maximum atomic E-state index is 12.9. The number of amides is 1. The predicted octanol–water partition coefficient (Wildman–Crippen LogP) is 3.87. The van der Waals surface area contributed by atoms with Crippen LogP contribution in [0.15, 0.2) is 53.4 Å². The van der Waals surface area contributed by atoms with E-state index in [0.29, 0.717) is 21.5 Å². The zero-order chi connectivity index (χ0) is 18.4. The van der Waals surface area contributed by atoms with Gasteiger partial charge in [0, 0.05) is 18.2 Å². The summed E-state index contributed by atoms with van der Waals surface area (Å²) in [6.07, 6.45) is 2.04. The number of anilines is 1. The van der Waals surface area contributed by atoms with E-state index in [1.807, 2.05) is 36.4 Å². The highest BCUT2D eigenvalue weighted by atomic mass is 32.2. The number of rotatable bonds is 3. The highest BCUT2D eigenvalue weighted by Crippen LogP contribution is 2.39. The Morgan fingerprint density at radius 1 is 1.22 bits per heavy atom. The van der Waals surface area contributed by atoms with Crippen LogP contribution < -0.4 is 14.8 Å². The zero-order valence-corrected chi connectivity index (χ0v) is 15.9. The Hall–Kier alpha value is -2.51. The molecule has 0 aromatic heterocycles. The van der Waals surface area contributed by atoms with E-state index < -0.39 is 0 Å². The number of carbonyl (C=O) groups is 1. The van der Waals surface area contributed by atoms with Crippen LogP contribution in [0.3, 0.4) is 0 Å². The largest absolute Gasteiger partial charge is 0.454 e. The molecule has 2 aromatic carbocycles. The van der Waals surface area contributed by atoms with Crippen molar-refractivity contribution in [3.8, 4) is 11.5 Å². The summed E-state index contributed by atoms with van der Waals surface area (Å²) in [4.78, 5) is 15.3. The average molecular weight is 396 g/mol. The van der Waals surface area contributed by atoms with E-state index in [9.17, 15) is 4.79 Å². The van der Waals surface area contributed by atoms with Crippen molar-refractivity contribution in [2.45, 2.75) is 12.5 Å². The summed E-state index contributed by atoms with van der Waals surface area (Å²) in [7, 11) is 0. The first kappa shape index (κ1) is 16.6. The zero-order valence-electron chi connectivity index (χ0n) is 14.3. The Kier molecular flexibility index (Phi) is 4.06. The summed E-state index contributed by atoms with van der Waals surface area (Å²) in [6.45, 7) is 1.46. The van der Waals surface area contributed by atoms with Crippen molar-refractivity contribution in [2.24, 2.45) is 0 Å². The topological polar surface area (TPSA) is 50.8 Å². The van der Waals surface area contributed by atoms with Gasteiger partial charge in [0.2, 0.25) is 6.79 Å². The van der Waals surface area contributed by atoms with E-state index in [1.165, 1.54) is 17.3 Å². The summed E-state index contributed by atoms with van der Waals surface area (Å²) in [6, 6.07) is 13.9. The van der Waals surface area contributed by atoms with Gasteiger partial charge in [0.15, 0.2) is 11.5 Å². The molecule has 2 aromatic rings. The second-order valence-electron chi connectivity index (χ2n) is 6.55. The molecule has 1 saturated heterocycles. The minimum Gasteiger partial charge on any atom is -0.454 e. The lowest BCUT2D eigenvalue weighted by atomic mass is 10.0. The maximum Gasteiger partial charge on any atom is 0.266 e. The van der Waals surface area contributed by atoms with Gasteiger partial charge in [0.25, 0.3) is 5.91 Å².